The molecule has 8 heteroatoms. The third kappa shape index (κ3) is 5.38. The summed E-state index contributed by atoms with van der Waals surface area (Å²) in [5.74, 6) is 1.18. The Morgan fingerprint density at radius 3 is 2.42 bits per heavy atom. The second-order valence-electron chi connectivity index (χ2n) is 5.85. The van der Waals surface area contributed by atoms with Crippen molar-refractivity contribution in [1.82, 2.24) is 20.1 Å². The first kappa shape index (κ1) is 19.6. The van der Waals surface area contributed by atoms with Gasteiger partial charge in [0.05, 0.1) is 6.54 Å². The summed E-state index contributed by atoms with van der Waals surface area (Å²) < 4.78 is 0. The molecular formula is C18H26N6O2. The van der Waals surface area contributed by atoms with Gasteiger partial charge in [-0.3, -0.25) is 14.7 Å². The Bertz CT molecular complexity index is 722. The van der Waals surface area contributed by atoms with Gasteiger partial charge in [0.15, 0.2) is 5.82 Å². The molecule has 1 aromatic carbocycles. The van der Waals surface area contributed by atoms with Crippen molar-refractivity contribution in [2.24, 2.45) is 5.73 Å². The van der Waals surface area contributed by atoms with Crippen LogP contribution in [0.1, 0.15) is 38.9 Å². The summed E-state index contributed by atoms with van der Waals surface area (Å²) in [4.78, 5) is 30.0. The van der Waals surface area contributed by atoms with Crippen molar-refractivity contribution in [3.05, 3.63) is 30.1 Å². The number of aromatic amines is 1. The predicted octanol–water partition coefficient (Wildman–Crippen LogP) is 1.91. The smallest absolute Gasteiger partial charge is 0.224 e. The molecule has 2 amide bonds. The molecule has 0 saturated carbocycles. The van der Waals surface area contributed by atoms with Crippen molar-refractivity contribution in [2.75, 3.05) is 18.4 Å². The first-order chi connectivity index (χ1) is 12.6. The molecule has 0 radical (unpaired) electrons. The van der Waals surface area contributed by atoms with E-state index in [2.05, 4.69) is 20.5 Å². The molecule has 0 unspecified atom stereocenters. The summed E-state index contributed by atoms with van der Waals surface area (Å²) in [6.45, 7) is 5.61. The van der Waals surface area contributed by atoms with Crippen LogP contribution in [0.4, 0.5) is 5.69 Å². The van der Waals surface area contributed by atoms with E-state index in [1.54, 1.807) is 17.0 Å². The van der Waals surface area contributed by atoms with E-state index in [0.717, 1.165) is 5.56 Å². The fourth-order valence-electron chi connectivity index (χ4n) is 2.58. The highest BCUT2D eigenvalue weighted by molar-refractivity contribution is 5.91. The summed E-state index contributed by atoms with van der Waals surface area (Å²) >= 11 is 0. The van der Waals surface area contributed by atoms with E-state index in [1.165, 1.54) is 0 Å². The maximum Gasteiger partial charge on any atom is 0.224 e. The van der Waals surface area contributed by atoms with Gasteiger partial charge in [-0.25, -0.2) is 4.98 Å². The first-order valence-electron chi connectivity index (χ1n) is 8.86. The van der Waals surface area contributed by atoms with Crippen molar-refractivity contribution in [2.45, 2.75) is 39.7 Å². The number of hydrogen-bond acceptors (Lipinski definition) is 5. The lowest BCUT2D eigenvalue weighted by molar-refractivity contribution is -0.130. The van der Waals surface area contributed by atoms with E-state index in [4.69, 9.17) is 5.73 Å². The molecule has 0 aliphatic rings. The molecule has 140 valence electrons. The number of anilines is 1. The minimum absolute atomic E-state index is 0.0931. The maximum absolute atomic E-state index is 12.0. The summed E-state index contributed by atoms with van der Waals surface area (Å²) in [7, 11) is 0. The van der Waals surface area contributed by atoms with Crippen LogP contribution in [0.15, 0.2) is 24.3 Å². The topological polar surface area (TPSA) is 117 Å². The number of carbonyl (C=O) groups excluding carboxylic acids is 2. The lowest BCUT2D eigenvalue weighted by Gasteiger charge is -2.18. The fourth-order valence-corrected chi connectivity index (χ4v) is 2.58. The average Bonchev–Trinajstić information content (AvgIpc) is 3.12. The van der Waals surface area contributed by atoms with E-state index in [-0.39, 0.29) is 11.8 Å². The number of amides is 2. The minimum atomic E-state index is -0.103. The van der Waals surface area contributed by atoms with Gasteiger partial charge in [0.2, 0.25) is 11.8 Å². The monoisotopic (exact) mass is 358 g/mol. The largest absolute Gasteiger partial charge is 0.343 e. The quantitative estimate of drug-likeness (QED) is 0.633. The standard InChI is InChI=1S/C18H26N6O2/c1-3-24(4-2)17(26)7-5-6-16(25)20-14-10-8-13(9-11-14)18-21-15(12-19)22-23-18/h8-11H,3-7,12,19H2,1-2H3,(H,20,25)(H,21,22,23). The number of carbonyl (C=O) groups is 2. The van der Waals surface area contributed by atoms with Crippen LogP contribution in [-0.2, 0) is 16.1 Å². The van der Waals surface area contributed by atoms with Crippen LogP contribution in [0.5, 0.6) is 0 Å². The number of rotatable bonds is 9. The summed E-state index contributed by atoms with van der Waals surface area (Å²) in [6.07, 6.45) is 1.25. The third-order valence-corrected chi connectivity index (χ3v) is 4.06. The number of nitrogens with one attached hydrogen (secondary N) is 2. The zero-order chi connectivity index (χ0) is 18.9. The van der Waals surface area contributed by atoms with Gasteiger partial charge < -0.3 is 16.0 Å². The second-order valence-corrected chi connectivity index (χ2v) is 5.85. The van der Waals surface area contributed by atoms with Gasteiger partial charge in [0.1, 0.15) is 5.82 Å². The highest BCUT2D eigenvalue weighted by Gasteiger charge is 2.11. The predicted molar refractivity (Wildman–Crippen MR) is 100 cm³/mol. The minimum Gasteiger partial charge on any atom is -0.343 e. The van der Waals surface area contributed by atoms with Crippen molar-refractivity contribution in [1.29, 1.82) is 0 Å². The maximum atomic E-state index is 12.0. The average molecular weight is 358 g/mol. The van der Waals surface area contributed by atoms with Gasteiger partial charge in [-0.2, -0.15) is 5.10 Å². The van der Waals surface area contributed by atoms with Crippen LogP contribution in [0, 0.1) is 0 Å². The highest BCUT2D eigenvalue weighted by Crippen LogP contribution is 2.18. The molecule has 2 aromatic rings. The SMILES string of the molecule is CCN(CC)C(=O)CCCC(=O)Nc1ccc(-c2n[nH]c(CN)n2)cc1. The van der Waals surface area contributed by atoms with Gasteiger partial charge in [-0.15, -0.1) is 0 Å². The lowest BCUT2D eigenvalue weighted by atomic mass is 10.2. The number of benzene rings is 1. The zero-order valence-electron chi connectivity index (χ0n) is 15.3. The van der Waals surface area contributed by atoms with E-state index < -0.39 is 0 Å². The molecule has 1 heterocycles. The molecule has 1 aromatic heterocycles. The molecule has 0 spiro atoms. The molecule has 8 nitrogen and oxygen atoms in total. The molecule has 2 rings (SSSR count). The van der Waals surface area contributed by atoms with Crippen molar-refractivity contribution >= 4 is 17.5 Å². The normalized spacial score (nSPS) is 10.6. The van der Waals surface area contributed by atoms with Crippen molar-refractivity contribution in [3.8, 4) is 11.4 Å². The van der Waals surface area contributed by atoms with Gasteiger partial charge in [0.25, 0.3) is 0 Å². The number of H-pyrrole nitrogens is 1. The van der Waals surface area contributed by atoms with Crippen molar-refractivity contribution < 1.29 is 9.59 Å². The Balaban J connectivity index is 1.81. The van der Waals surface area contributed by atoms with Gasteiger partial charge in [-0.05, 0) is 44.5 Å². The zero-order valence-corrected chi connectivity index (χ0v) is 15.3. The van der Waals surface area contributed by atoms with Crippen LogP contribution in [0.2, 0.25) is 0 Å². The number of hydrogen-bond donors (Lipinski definition) is 3. The van der Waals surface area contributed by atoms with E-state index in [0.29, 0.717) is 56.2 Å². The summed E-state index contributed by atoms with van der Waals surface area (Å²) in [5, 5.41) is 9.69. The molecule has 0 fully saturated rings. The van der Waals surface area contributed by atoms with Crippen molar-refractivity contribution in [3.63, 3.8) is 0 Å². The Hall–Kier alpha value is -2.74. The Morgan fingerprint density at radius 2 is 1.85 bits per heavy atom. The van der Waals surface area contributed by atoms with Gasteiger partial charge >= 0.3 is 0 Å². The van der Waals surface area contributed by atoms with Crippen LogP contribution in [0.25, 0.3) is 11.4 Å². The number of aromatic nitrogens is 3. The Morgan fingerprint density at radius 1 is 1.15 bits per heavy atom. The molecule has 0 aliphatic carbocycles. The number of nitrogens with two attached hydrogens (primary N) is 1. The third-order valence-electron chi connectivity index (χ3n) is 4.06. The van der Waals surface area contributed by atoms with Crippen LogP contribution >= 0.6 is 0 Å². The molecule has 4 N–H and O–H groups in total. The Kier molecular flexibility index (Phi) is 7.28. The summed E-state index contributed by atoms with van der Waals surface area (Å²) in [5.41, 5.74) is 7.04. The molecule has 0 bridgehead atoms. The molecule has 26 heavy (non-hydrogen) atoms. The second kappa shape index (κ2) is 9.67. The Labute approximate surface area is 153 Å². The van der Waals surface area contributed by atoms with Gasteiger partial charge in [0, 0.05) is 37.2 Å². The van der Waals surface area contributed by atoms with E-state index >= 15 is 0 Å². The lowest BCUT2D eigenvalue weighted by Crippen LogP contribution is -2.30. The molecule has 0 saturated heterocycles. The summed E-state index contributed by atoms with van der Waals surface area (Å²) in [6, 6.07) is 7.27. The van der Waals surface area contributed by atoms with Crippen LogP contribution in [0.3, 0.4) is 0 Å². The molecule has 0 atom stereocenters. The molecule has 0 aliphatic heterocycles. The van der Waals surface area contributed by atoms with Gasteiger partial charge in [-0.1, -0.05) is 0 Å². The van der Waals surface area contributed by atoms with Crippen LogP contribution in [-0.4, -0.2) is 45.0 Å². The first-order valence-corrected chi connectivity index (χ1v) is 8.86. The van der Waals surface area contributed by atoms with E-state index in [9.17, 15) is 9.59 Å². The van der Waals surface area contributed by atoms with Crippen LogP contribution < -0.4 is 11.1 Å². The molecular weight excluding hydrogens is 332 g/mol. The fraction of sp³-hybridized carbons (Fsp3) is 0.444. The van der Waals surface area contributed by atoms with E-state index in [1.807, 2.05) is 26.0 Å². The highest BCUT2D eigenvalue weighted by atomic mass is 16.2. The number of nitrogens with zero attached hydrogens (tertiary/aromatic N) is 3.